The number of rotatable bonds is 4. The Bertz CT molecular complexity index is 1390. The maximum atomic E-state index is 13.9. The van der Waals surface area contributed by atoms with Crippen LogP contribution in [0.2, 0.25) is 5.02 Å². The number of fused-ring (bicyclic) bond motifs is 1. The zero-order chi connectivity index (χ0) is 25.7. The van der Waals surface area contributed by atoms with E-state index >= 15 is 0 Å². The minimum Gasteiger partial charge on any atom is -0.481 e. The van der Waals surface area contributed by atoms with Crippen LogP contribution in [0.25, 0.3) is 16.7 Å². The molecule has 0 fully saturated rings. The summed E-state index contributed by atoms with van der Waals surface area (Å²) in [6.07, 6.45) is -8.35. The summed E-state index contributed by atoms with van der Waals surface area (Å²) in [7, 11) is 1.40. The van der Waals surface area contributed by atoms with Crippen molar-refractivity contribution in [3.8, 4) is 11.6 Å². The van der Waals surface area contributed by atoms with Crippen molar-refractivity contribution in [3.05, 3.63) is 52.3 Å². The predicted octanol–water partition coefficient (Wildman–Crippen LogP) is 5.54. The fourth-order valence-electron chi connectivity index (χ4n) is 3.32. The summed E-state index contributed by atoms with van der Waals surface area (Å²) >= 11 is 6.06. The molecule has 0 atom stereocenters. The molecule has 1 aromatic carbocycles. The average molecular weight is 518 g/mol. The van der Waals surface area contributed by atoms with E-state index in [1.54, 1.807) is 0 Å². The van der Waals surface area contributed by atoms with Crippen LogP contribution in [0, 0.1) is 6.92 Å². The Balaban J connectivity index is 1.88. The number of aryl methyl sites for hydroxylation is 1. The van der Waals surface area contributed by atoms with E-state index in [0.717, 1.165) is 10.7 Å². The van der Waals surface area contributed by atoms with E-state index in [-0.39, 0.29) is 22.8 Å². The first-order valence-electron chi connectivity index (χ1n) is 9.58. The molecule has 4 aromatic rings. The molecule has 4 rings (SSSR count). The monoisotopic (exact) mass is 517 g/mol. The number of nitrogens with one attached hydrogen (secondary N) is 1. The van der Waals surface area contributed by atoms with Crippen molar-refractivity contribution >= 4 is 40.1 Å². The first-order valence-corrected chi connectivity index (χ1v) is 9.95. The Morgan fingerprint density at radius 2 is 1.77 bits per heavy atom. The number of alkyl halides is 6. The molecule has 0 aliphatic rings. The number of benzene rings is 1. The number of halogens is 7. The third-order valence-corrected chi connectivity index (χ3v) is 5.12. The number of aromatic nitrogens is 5. The van der Waals surface area contributed by atoms with Gasteiger partial charge in [0, 0.05) is 6.07 Å². The highest BCUT2D eigenvalue weighted by Gasteiger charge is 2.38. The molecule has 0 radical (unpaired) electrons. The van der Waals surface area contributed by atoms with Crippen LogP contribution in [0.3, 0.4) is 0 Å². The maximum absolute atomic E-state index is 13.9. The molecule has 3 aromatic heterocycles. The standard InChI is InChI=1S/C20H14ClF6N7O/c1-8-5-9(19(22,23)24)6-11(21)14(8)34-16(28)13-15(20(25,26)27)31-18(32-17(13)33-34)30-10-3-4-12(35-2)29-7-10/h3-7H,28H2,1-2H3,(H,30,32,33). The Hall–Kier alpha value is -3.81. The third kappa shape index (κ3) is 4.60. The second-order valence-electron chi connectivity index (χ2n) is 7.22. The molecule has 0 aliphatic heterocycles. The number of methoxy groups -OCH3 is 1. The number of nitrogens with two attached hydrogens (primary N) is 1. The summed E-state index contributed by atoms with van der Waals surface area (Å²) < 4.78 is 86.7. The number of nitrogens with zero attached hydrogens (tertiary/aromatic N) is 5. The lowest BCUT2D eigenvalue weighted by atomic mass is 10.1. The molecule has 0 saturated heterocycles. The molecule has 3 N–H and O–H groups in total. The van der Waals surface area contributed by atoms with Gasteiger partial charge in [-0.3, -0.25) is 0 Å². The Morgan fingerprint density at radius 3 is 2.31 bits per heavy atom. The average Bonchev–Trinajstić information content (AvgIpc) is 3.08. The predicted molar refractivity (Wildman–Crippen MR) is 115 cm³/mol. The van der Waals surface area contributed by atoms with Crippen LogP contribution < -0.4 is 15.8 Å². The quantitative estimate of drug-likeness (QED) is 0.342. The van der Waals surface area contributed by atoms with Gasteiger partial charge in [0.05, 0.1) is 40.7 Å². The molecule has 0 amide bonds. The molecule has 8 nitrogen and oxygen atoms in total. The first-order chi connectivity index (χ1) is 16.3. The summed E-state index contributed by atoms with van der Waals surface area (Å²) in [6.45, 7) is 1.29. The Kier molecular flexibility index (Phi) is 5.87. The molecule has 15 heteroatoms. The maximum Gasteiger partial charge on any atom is 0.434 e. The highest BCUT2D eigenvalue weighted by molar-refractivity contribution is 6.32. The van der Waals surface area contributed by atoms with E-state index in [4.69, 9.17) is 22.1 Å². The zero-order valence-corrected chi connectivity index (χ0v) is 18.5. The van der Waals surface area contributed by atoms with Crippen molar-refractivity contribution in [1.82, 2.24) is 24.7 Å². The molecule has 0 saturated carbocycles. The molecule has 0 aliphatic carbocycles. The second kappa shape index (κ2) is 8.45. The van der Waals surface area contributed by atoms with Crippen molar-refractivity contribution in [3.63, 3.8) is 0 Å². The van der Waals surface area contributed by atoms with Crippen LogP contribution in [0.4, 0.5) is 43.8 Å². The van der Waals surface area contributed by atoms with E-state index in [1.807, 2.05) is 0 Å². The van der Waals surface area contributed by atoms with Crippen LogP contribution in [-0.4, -0.2) is 31.8 Å². The summed E-state index contributed by atoms with van der Waals surface area (Å²) in [5, 5.41) is 5.54. The van der Waals surface area contributed by atoms with Gasteiger partial charge < -0.3 is 15.8 Å². The Labute approximate surface area is 197 Å². The lowest BCUT2D eigenvalue weighted by Gasteiger charge is -2.14. The van der Waals surface area contributed by atoms with Gasteiger partial charge in [-0.15, -0.1) is 5.10 Å². The molecular formula is C20H14ClF6N7O. The van der Waals surface area contributed by atoms with Crippen molar-refractivity contribution in [2.75, 3.05) is 18.2 Å². The summed E-state index contributed by atoms with van der Waals surface area (Å²) in [4.78, 5) is 11.5. The highest BCUT2D eigenvalue weighted by atomic mass is 35.5. The molecule has 35 heavy (non-hydrogen) atoms. The second-order valence-corrected chi connectivity index (χ2v) is 7.63. The van der Waals surface area contributed by atoms with Crippen LogP contribution >= 0.6 is 11.6 Å². The number of nitrogen functional groups attached to an aromatic ring is 1. The van der Waals surface area contributed by atoms with E-state index < -0.39 is 51.4 Å². The number of hydrogen-bond donors (Lipinski definition) is 2. The number of ether oxygens (including phenoxy) is 1. The smallest absolute Gasteiger partial charge is 0.434 e. The van der Waals surface area contributed by atoms with Gasteiger partial charge in [-0.2, -0.15) is 31.3 Å². The third-order valence-electron chi connectivity index (χ3n) is 4.83. The number of anilines is 3. The van der Waals surface area contributed by atoms with E-state index in [2.05, 4.69) is 25.4 Å². The topological polar surface area (TPSA) is 104 Å². The molecule has 184 valence electrons. The first kappa shape index (κ1) is 24.3. The van der Waals surface area contributed by atoms with Gasteiger partial charge in [-0.05, 0) is 30.7 Å². The van der Waals surface area contributed by atoms with Gasteiger partial charge >= 0.3 is 12.4 Å². The summed E-state index contributed by atoms with van der Waals surface area (Å²) in [6, 6.07) is 4.36. The fraction of sp³-hybridized carbons (Fsp3) is 0.200. The lowest BCUT2D eigenvalue weighted by Crippen LogP contribution is -2.12. The zero-order valence-electron chi connectivity index (χ0n) is 17.8. The van der Waals surface area contributed by atoms with Gasteiger partial charge in [0.25, 0.3) is 0 Å². The summed E-state index contributed by atoms with van der Waals surface area (Å²) in [5.41, 5.74) is 3.19. The minimum atomic E-state index is -4.96. The van der Waals surface area contributed by atoms with Crippen LogP contribution in [0.15, 0.2) is 30.5 Å². The Morgan fingerprint density at radius 1 is 1.06 bits per heavy atom. The van der Waals surface area contributed by atoms with E-state index in [1.165, 1.54) is 32.4 Å². The fourth-order valence-corrected chi connectivity index (χ4v) is 3.66. The molecule has 0 unspecified atom stereocenters. The highest BCUT2D eigenvalue weighted by Crippen LogP contribution is 2.40. The van der Waals surface area contributed by atoms with Crippen LogP contribution in [0.1, 0.15) is 16.8 Å². The summed E-state index contributed by atoms with van der Waals surface area (Å²) in [5.74, 6) is -0.732. The van der Waals surface area contributed by atoms with Crippen molar-refractivity contribution < 1.29 is 31.1 Å². The van der Waals surface area contributed by atoms with Gasteiger partial charge in [-0.1, -0.05) is 11.6 Å². The molecule has 0 bridgehead atoms. The van der Waals surface area contributed by atoms with Crippen molar-refractivity contribution in [2.45, 2.75) is 19.3 Å². The van der Waals surface area contributed by atoms with Crippen LogP contribution in [0.5, 0.6) is 5.88 Å². The molecular weight excluding hydrogens is 504 g/mol. The number of hydrogen-bond acceptors (Lipinski definition) is 7. The van der Waals surface area contributed by atoms with Gasteiger partial charge in [-0.25, -0.2) is 14.6 Å². The van der Waals surface area contributed by atoms with E-state index in [9.17, 15) is 26.3 Å². The van der Waals surface area contributed by atoms with E-state index in [0.29, 0.717) is 6.07 Å². The minimum absolute atomic E-state index is 0.0199. The normalized spacial score (nSPS) is 12.3. The molecule has 0 spiro atoms. The van der Waals surface area contributed by atoms with Crippen LogP contribution in [-0.2, 0) is 12.4 Å². The van der Waals surface area contributed by atoms with Crippen molar-refractivity contribution in [2.24, 2.45) is 0 Å². The molecule has 3 heterocycles. The number of pyridine rings is 1. The SMILES string of the molecule is COc1ccc(Nc2nc(C(F)(F)F)c3c(N)n(-c4c(C)cc(C(F)(F)F)cc4Cl)nc3n2)cn1. The largest absolute Gasteiger partial charge is 0.481 e. The van der Waals surface area contributed by atoms with Crippen molar-refractivity contribution in [1.29, 1.82) is 0 Å². The van der Waals surface area contributed by atoms with Gasteiger partial charge in [0.1, 0.15) is 5.82 Å². The van der Waals surface area contributed by atoms with Gasteiger partial charge in [0.2, 0.25) is 11.8 Å². The lowest BCUT2D eigenvalue weighted by molar-refractivity contribution is -0.140. The van der Waals surface area contributed by atoms with Gasteiger partial charge in [0.15, 0.2) is 11.3 Å².